The van der Waals surface area contributed by atoms with Gasteiger partial charge in [0.05, 0.1) is 5.69 Å². The lowest BCUT2D eigenvalue weighted by atomic mass is 10.4. The lowest BCUT2D eigenvalue weighted by Crippen LogP contribution is -1.90. The van der Waals surface area contributed by atoms with Gasteiger partial charge in [-0.1, -0.05) is 30.1 Å². The summed E-state index contributed by atoms with van der Waals surface area (Å²) in [7, 11) is 0. The third-order valence-electron chi connectivity index (χ3n) is 1.23. The lowest BCUT2D eigenvalue weighted by Gasteiger charge is -2.00. The van der Waals surface area contributed by atoms with Crippen molar-refractivity contribution in [3.63, 3.8) is 0 Å². The molecule has 1 aromatic rings. The van der Waals surface area contributed by atoms with E-state index in [2.05, 4.69) is 15.5 Å². The Morgan fingerprint density at radius 3 is 2.62 bits per heavy atom. The van der Waals surface area contributed by atoms with Gasteiger partial charge in [0.15, 0.2) is 0 Å². The summed E-state index contributed by atoms with van der Waals surface area (Å²) in [5, 5.41) is 4.62. The van der Waals surface area contributed by atoms with E-state index < -0.39 is 0 Å². The van der Waals surface area contributed by atoms with Crippen LogP contribution in [0.3, 0.4) is 0 Å². The average Bonchev–Trinajstić information content (AvgIpc) is 2.03. The van der Waals surface area contributed by atoms with E-state index in [0.29, 0.717) is 10.3 Å². The minimum atomic E-state index is 0.349. The van der Waals surface area contributed by atoms with E-state index in [4.69, 9.17) is 23.2 Å². The highest BCUT2D eigenvalue weighted by Crippen LogP contribution is 2.18. The molecule has 0 spiro atoms. The van der Waals surface area contributed by atoms with Crippen molar-refractivity contribution in [1.82, 2.24) is 4.98 Å². The summed E-state index contributed by atoms with van der Waals surface area (Å²) in [5.41, 5.74) is 3.52. The third-order valence-corrected chi connectivity index (χ3v) is 1.62. The zero-order chi connectivity index (χ0) is 9.68. The molecule has 0 saturated heterocycles. The monoisotopic (exact) mass is 217 g/mol. The van der Waals surface area contributed by atoms with Gasteiger partial charge >= 0.3 is 0 Å². The Balaban J connectivity index is 2.71. The van der Waals surface area contributed by atoms with Gasteiger partial charge in [-0.05, 0) is 6.42 Å². The second-order valence-corrected chi connectivity index (χ2v) is 3.11. The zero-order valence-electron chi connectivity index (χ0n) is 7.09. The minimum absolute atomic E-state index is 0.349. The fourth-order valence-electron chi connectivity index (χ4n) is 0.741. The highest BCUT2D eigenvalue weighted by atomic mass is 35.5. The van der Waals surface area contributed by atoms with Crippen LogP contribution in [0, 0.1) is 0 Å². The van der Waals surface area contributed by atoms with Gasteiger partial charge in [-0.15, -0.1) is 0 Å². The van der Waals surface area contributed by atoms with E-state index in [1.54, 1.807) is 18.3 Å². The smallest absolute Gasteiger partial charge is 0.132 e. The molecular formula is C8H9Cl2N3. The number of halogens is 2. The Morgan fingerprint density at radius 2 is 2.08 bits per heavy atom. The largest absolute Gasteiger partial charge is 0.279 e. The number of nitrogens with one attached hydrogen (secondary N) is 1. The summed E-state index contributed by atoms with van der Waals surface area (Å²) in [6.07, 6.45) is 2.63. The number of hydrogen-bond donors (Lipinski definition) is 1. The highest BCUT2D eigenvalue weighted by Gasteiger charge is 1.96. The Hall–Kier alpha value is -0.800. The summed E-state index contributed by atoms with van der Waals surface area (Å²) in [6, 6.07) is 3.31. The molecule has 0 unspecified atom stereocenters. The van der Waals surface area contributed by atoms with E-state index in [1.807, 2.05) is 6.92 Å². The number of pyridine rings is 1. The molecule has 0 saturated carbocycles. The topological polar surface area (TPSA) is 37.3 Å². The van der Waals surface area contributed by atoms with Gasteiger partial charge in [-0.3, -0.25) is 5.43 Å². The molecule has 0 radical (unpaired) electrons. The summed E-state index contributed by atoms with van der Waals surface area (Å²) < 4.78 is 0. The van der Waals surface area contributed by atoms with E-state index in [1.165, 1.54) is 0 Å². The molecule has 1 aromatic heterocycles. The first-order valence-corrected chi connectivity index (χ1v) is 4.58. The average molecular weight is 218 g/mol. The molecule has 0 aliphatic heterocycles. The normalized spacial score (nSPS) is 10.7. The number of rotatable bonds is 3. The molecule has 13 heavy (non-hydrogen) atoms. The van der Waals surface area contributed by atoms with Crippen LogP contribution in [0.5, 0.6) is 0 Å². The molecule has 0 bridgehead atoms. The van der Waals surface area contributed by atoms with Crippen molar-refractivity contribution in [2.24, 2.45) is 5.10 Å². The van der Waals surface area contributed by atoms with Crippen LogP contribution in [0.15, 0.2) is 17.2 Å². The molecule has 0 aliphatic carbocycles. The van der Waals surface area contributed by atoms with E-state index in [-0.39, 0.29) is 0 Å². The summed E-state index contributed by atoms with van der Waals surface area (Å²) in [5.74, 6) is 0. The molecule has 5 heteroatoms. The fraction of sp³-hybridized carbons (Fsp3) is 0.250. The Bertz CT molecular complexity index is 292. The van der Waals surface area contributed by atoms with Crippen molar-refractivity contribution in [1.29, 1.82) is 0 Å². The molecule has 1 rings (SSSR count). The maximum atomic E-state index is 5.68. The SMILES string of the molecule is CCC=NNc1cc(Cl)nc(Cl)c1. The first kappa shape index (κ1) is 10.3. The van der Waals surface area contributed by atoms with Gasteiger partial charge in [0.1, 0.15) is 10.3 Å². The maximum absolute atomic E-state index is 5.68. The van der Waals surface area contributed by atoms with Gasteiger partial charge in [-0.2, -0.15) is 5.10 Å². The van der Waals surface area contributed by atoms with Crippen LogP contribution in [0.25, 0.3) is 0 Å². The van der Waals surface area contributed by atoms with E-state index in [9.17, 15) is 0 Å². The lowest BCUT2D eigenvalue weighted by molar-refractivity contribution is 1.25. The standard InChI is InChI=1S/C8H9Cl2N3/c1-2-3-11-13-6-4-7(9)12-8(10)5-6/h3-5H,2H2,1H3,(H,12,13). The van der Waals surface area contributed by atoms with Crippen molar-refractivity contribution in [3.05, 3.63) is 22.4 Å². The number of anilines is 1. The van der Waals surface area contributed by atoms with Crippen LogP contribution in [-0.2, 0) is 0 Å². The summed E-state index contributed by atoms with van der Waals surface area (Å²) in [6.45, 7) is 2.00. The molecule has 0 fully saturated rings. The zero-order valence-corrected chi connectivity index (χ0v) is 8.60. The number of hydrazone groups is 1. The van der Waals surface area contributed by atoms with Gasteiger partial charge in [0.25, 0.3) is 0 Å². The Morgan fingerprint density at radius 1 is 1.46 bits per heavy atom. The number of nitrogens with zero attached hydrogens (tertiary/aromatic N) is 2. The fourth-order valence-corrected chi connectivity index (χ4v) is 1.20. The van der Waals surface area contributed by atoms with Crippen LogP contribution in [0.1, 0.15) is 13.3 Å². The molecule has 1 heterocycles. The van der Waals surface area contributed by atoms with Crippen LogP contribution in [0.2, 0.25) is 10.3 Å². The van der Waals surface area contributed by atoms with Crippen molar-refractivity contribution >= 4 is 35.1 Å². The predicted molar refractivity (Wildman–Crippen MR) is 56.7 cm³/mol. The number of aromatic nitrogens is 1. The van der Waals surface area contributed by atoms with Gasteiger partial charge in [0.2, 0.25) is 0 Å². The third kappa shape index (κ3) is 3.61. The van der Waals surface area contributed by atoms with Crippen LogP contribution < -0.4 is 5.43 Å². The molecule has 3 nitrogen and oxygen atoms in total. The highest BCUT2D eigenvalue weighted by molar-refractivity contribution is 6.32. The molecule has 1 N–H and O–H groups in total. The van der Waals surface area contributed by atoms with Gasteiger partial charge in [-0.25, -0.2) is 4.98 Å². The van der Waals surface area contributed by atoms with Gasteiger partial charge < -0.3 is 0 Å². The predicted octanol–water partition coefficient (Wildman–Crippen LogP) is 3.20. The Labute approximate surface area is 86.8 Å². The van der Waals surface area contributed by atoms with Crippen LogP contribution >= 0.6 is 23.2 Å². The molecule has 70 valence electrons. The van der Waals surface area contributed by atoms with E-state index in [0.717, 1.165) is 12.1 Å². The van der Waals surface area contributed by atoms with Crippen molar-refractivity contribution in [2.45, 2.75) is 13.3 Å². The molecule has 0 aliphatic rings. The number of hydrogen-bond acceptors (Lipinski definition) is 3. The van der Waals surface area contributed by atoms with Crippen LogP contribution in [-0.4, -0.2) is 11.2 Å². The van der Waals surface area contributed by atoms with Crippen molar-refractivity contribution < 1.29 is 0 Å². The van der Waals surface area contributed by atoms with Crippen molar-refractivity contribution in [2.75, 3.05) is 5.43 Å². The summed E-state index contributed by atoms with van der Waals surface area (Å²) >= 11 is 11.4. The van der Waals surface area contributed by atoms with Gasteiger partial charge in [0, 0.05) is 18.3 Å². The second-order valence-electron chi connectivity index (χ2n) is 2.33. The molecule has 0 atom stereocenters. The van der Waals surface area contributed by atoms with Crippen LogP contribution in [0.4, 0.5) is 5.69 Å². The molecule has 0 amide bonds. The first-order chi connectivity index (χ1) is 6.22. The maximum Gasteiger partial charge on any atom is 0.132 e. The first-order valence-electron chi connectivity index (χ1n) is 3.83. The van der Waals surface area contributed by atoms with E-state index >= 15 is 0 Å². The molecule has 0 aromatic carbocycles. The molecular weight excluding hydrogens is 209 g/mol. The quantitative estimate of drug-likeness (QED) is 0.480. The minimum Gasteiger partial charge on any atom is -0.279 e. The second kappa shape index (κ2) is 5.04. The summed E-state index contributed by atoms with van der Waals surface area (Å²) in [4.78, 5) is 3.80. The van der Waals surface area contributed by atoms with Crippen molar-refractivity contribution in [3.8, 4) is 0 Å². The Kier molecular flexibility index (Phi) is 3.99.